The number of aromatic nitrogens is 1. The summed E-state index contributed by atoms with van der Waals surface area (Å²) >= 11 is 0. The van der Waals surface area contributed by atoms with Gasteiger partial charge in [0.25, 0.3) is 0 Å². The van der Waals surface area contributed by atoms with Gasteiger partial charge in [-0.2, -0.15) is 0 Å². The highest BCUT2D eigenvalue weighted by atomic mass is 32.2. The van der Waals surface area contributed by atoms with Crippen LogP contribution in [0.5, 0.6) is 0 Å². The van der Waals surface area contributed by atoms with E-state index in [1.165, 1.54) is 0 Å². The molecule has 0 bridgehead atoms. The van der Waals surface area contributed by atoms with Crippen LogP contribution in [0.1, 0.15) is 11.3 Å². The molecule has 1 fully saturated rings. The minimum atomic E-state index is -3.71. The fourth-order valence-corrected chi connectivity index (χ4v) is 4.71. The maximum absolute atomic E-state index is 12.6. The van der Waals surface area contributed by atoms with Crippen LogP contribution in [0, 0.1) is 6.92 Å². The zero-order valence-electron chi connectivity index (χ0n) is 17.2. The molecule has 1 aliphatic rings. The Balaban J connectivity index is 1.67. The van der Waals surface area contributed by atoms with E-state index in [9.17, 15) is 18.6 Å². The van der Waals surface area contributed by atoms with Crippen molar-refractivity contribution in [2.45, 2.75) is 42.6 Å². The number of aliphatic hydroxyl groups is 2. The highest BCUT2D eigenvalue weighted by Crippen LogP contribution is 2.25. The van der Waals surface area contributed by atoms with E-state index in [-0.39, 0.29) is 18.0 Å². The Hall–Kier alpha value is -1.88. The second kappa shape index (κ2) is 9.95. The Kier molecular flexibility index (Phi) is 7.56. The number of ether oxygens (including phenoxy) is 1. The first-order valence-electron chi connectivity index (χ1n) is 9.92. The van der Waals surface area contributed by atoms with Gasteiger partial charge in [0.1, 0.15) is 12.2 Å². The molecule has 0 unspecified atom stereocenters. The van der Waals surface area contributed by atoms with Crippen molar-refractivity contribution < 1.29 is 23.4 Å². The van der Waals surface area contributed by atoms with E-state index in [1.54, 1.807) is 30.5 Å². The number of rotatable bonds is 9. The fourth-order valence-electron chi connectivity index (χ4n) is 3.67. The van der Waals surface area contributed by atoms with Crippen LogP contribution in [0.4, 0.5) is 0 Å². The predicted molar refractivity (Wildman–Crippen MR) is 112 cm³/mol. The minimum absolute atomic E-state index is 0.0115. The normalized spacial score (nSPS) is 24.4. The SMILES string of the molecule is Cc1ccc(S(=O)(=O)NC[C@H]2O[C@@H](CO)[C@@H](O)[C@H]2N(C)CCc2ccccn2)cc1. The number of pyridine rings is 1. The van der Waals surface area contributed by atoms with E-state index in [0.717, 1.165) is 11.3 Å². The van der Waals surface area contributed by atoms with Gasteiger partial charge in [-0.25, -0.2) is 13.1 Å². The second-order valence-electron chi connectivity index (χ2n) is 7.59. The van der Waals surface area contributed by atoms with Crippen molar-refractivity contribution in [1.82, 2.24) is 14.6 Å². The Morgan fingerprint density at radius 1 is 1.17 bits per heavy atom. The molecule has 0 spiro atoms. The van der Waals surface area contributed by atoms with Crippen LogP contribution >= 0.6 is 0 Å². The molecule has 3 rings (SSSR count). The third-order valence-corrected chi connectivity index (χ3v) is 6.84. The van der Waals surface area contributed by atoms with E-state index in [1.807, 2.05) is 37.1 Å². The summed E-state index contributed by atoms with van der Waals surface area (Å²) in [5.41, 5.74) is 1.89. The van der Waals surface area contributed by atoms with Crippen LogP contribution in [0.25, 0.3) is 0 Å². The molecular formula is C21H29N3O5S. The Morgan fingerprint density at radius 3 is 2.53 bits per heavy atom. The number of nitrogens with one attached hydrogen (secondary N) is 1. The molecule has 8 nitrogen and oxygen atoms in total. The molecular weight excluding hydrogens is 406 g/mol. The molecule has 4 atom stereocenters. The highest BCUT2D eigenvalue weighted by molar-refractivity contribution is 7.89. The van der Waals surface area contributed by atoms with E-state index < -0.39 is 34.4 Å². The molecule has 164 valence electrons. The summed E-state index contributed by atoms with van der Waals surface area (Å²) < 4.78 is 33.6. The molecule has 9 heteroatoms. The maximum Gasteiger partial charge on any atom is 0.240 e. The Bertz CT molecular complexity index is 908. The van der Waals surface area contributed by atoms with Crippen molar-refractivity contribution in [1.29, 1.82) is 0 Å². The lowest BCUT2D eigenvalue weighted by molar-refractivity contribution is -0.0201. The van der Waals surface area contributed by atoms with Gasteiger partial charge in [0, 0.05) is 31.4 Å². The van der Waals surface area contributed by atoms with Crippen LogP contribution < -0.4 is 4.72 Å². The number of nitrogens with zero attached hydrogens (tertiary/aromatic N) is 2. The molecule has 0 amide bonds. The van der Waals surface area contributed by atoms with E-state index >= 15 is 0 Å². The first-order chi connectivity index (χ1) is 14.3. The molecule has 1 aliphatic heterocycles. The van der Waals surface area contributed by atoms with Gasteiger partial charge < -0.3 is 14.9 Å². The first kappa shape index (κ1) is 22.8. The molecule has 0 saturated carbocycles. The van der Waals surface area contributed by atoms with E-state index in [0.29, 0.717) is 13.0 Å². The van der Waals surface area contributed by atoms with Gasteiger partial charge in [-0.05, 0) is 38.2 Å². The van der Waals surface area contributed by atoms with Gasteiger partial charge in [0.2, 0.25) is 10.0 Å². The quantitative estimate of drug-likeness (QED) is 0.520. The van der Waals surface area contributed by atoms with Crippen LogP contribution in [0.2, 0.25) is 0 Å². The molecule has 1 aromatic heterocycles. The van der Waals surface area contributed by atoms with Crippen LogP contribution in [0.3, 0.4) is 0 Å². The van der Waals surface area contributed by atoms with E-state index in [2.05, 4.69) is 9.71 Å². The van der Waals surface area contributed by atoms with Crippen LogP contribution in [0.15, 0.2) is 53.6 Å². The average Bonchev–Trinajstić information content (AvgIpc) is 3.07. The molecule has 30 heavy (non-hydrogen) atoms. The number of aliphatic hydroxyl groups excluding tert-OH is 2. The summed E-state index contributed by atoms with van der Waals surface area (Å²) in [5.74, 6) is 0. The van der Waals surface area contributed by atoms with Gasteiger partial charge in [-0.1, -0.05) is 23.8 Å². The Morgan fingerprint density at radius 2 is 1.90 bits per heavy atom. The van der Waals surface area contributed by atoms with Crippen molar-refractivity contribution in [2.75, 3.05) is 26.7 Å². The van der Waals surface area contributed by atoms with Gasteiger partial charge in [-0.15, -0.1) is 0 Å². The van der Waals surface area contributed by atoms with Crippen molar-refractivity contribution in [3.8, 4) is 0 Å². The van der Waals surface area contributed by atoms with Gasteiger partial charge in [0.15, 0.2) is 0 Å². The number of hydrogen-bond donors (Lipinski definition) is 3. The third-order valence-electron chi connectivity index (χ3n) is 5.40. The van der Waals surface area contributed by atoms with Crippen molar-refractivity contribution in [3.63, 3.8) is 0 Å². The van der Waals surface area contributed by atoms with Crippen molar-refractivity contribution >= 4 is 10.0 Å². The lowest BCUT2D eigenvalue weighted by Gasteiger charge is -2.30. The molecule has 1 saturated heterocycles. The smallest absolute Gasteiger partial charge is 0.240 e. The second-order valence-corrected chi connectivity index (χ2v) is 9.36. The van der Waals surface area contributed by atoms with Crippen LogP contribution in [-0.2, 0) is 21.2 Å². The number of aryl methyl sites for hydroxylation is 1. The predicted octanol–water partition coefficient (Wildman–Crippen LogP) is 0.332. The van der Waals surface area contributed by atoms with Crippen molar-refractivity contribution in [3.05, 3.63) is 59.9 Å². The number of sulfonamides is 1. The number of likely N-dealkylation sites (N-methyl/N-ethyl adjacent to an activating group) is 1. The molecule has 0 radical (unpaired) electrons. The molecule has 1 aromatic carbocycles. The van der Waals surface area contributed by atoms with Gasteiger partial charge in [0.05, 0.1) is 23.6 Å². The summed E-state index contributed by atoms with van der Waals surface area (Å²) in [4.78, 5) is 6.40. The van der Waals surface area contributed by atoms with Gasteiger partial charge >= 0.3 is 0 Å². The highest BCUT2D eigenvalue weighted by Gasteiger charge is 2.45. The lowest BCUT2D eigenvalue weighted by atomic mass is 10.0. The minimum Gasteiger partial charge on any atom is -0.394 e. The molecule has 2 heterocycles. The topological polar surface area (TPSA) is 112 Å². The fraction of sp³-hybridized carbons (Fsp3) is 0.476. The zero-order chi connectivity index (χ0) is 21.7. The third kappa shape index (κ3) is 5.42. The average molecular weight is 436 g/mol. The molecule has 2 aromatic rings. The van der Waals surface area contributed by atoms with Gasteiger partial charge in [-0.3, -0.25) is 9.88 Å². The zero-order valence-corrected chi connectivity index (χ0v) is 18.0. The molecule has 3 N–H and O–H groups in total. The summed E-state index contributed by atoms with van der Waals surface area (Å²) in [6, 6.07) is 11.8. The summed E-state index contributed by atoms with van der Waals surface area (Å²) in [6.45, 7) is 2.13. The van der Waals surface area contributed by atoms with E-state index in [4.69, 9.17) is 4.74 Å². The monoisotopic (exact) mass is 435 g/mol. The number of hydrogen-bond acceptors (Lipinski definition) is 7. The number of benzene rings is 1. The summed E-state index contributed by atoms with van der Waals surface area (Å²) in [5, 5.41) is 20.2. The maximum atomic E-state index is 12.6. The largest absolute Gasteiger partial charge is 0.394 e. The standard InChI is InChI=1S/C21H29N3O5S/c1-15-6-8-17(9-7-15)30(27,28)23-13-18-20(21(26)19(14-25)29-18)24(2)12-10-16-5-3-4-11-22-16/h3-9,11,18-21,23,25-26H,10,12-14H2,1-2H3/t18-,19+,20+,21-/m1/s1. The summed E-state index contributed by atoms with van der Waals surface area (Å²) in [7, 11) is -1.86. The Labute approximate surface area is 177 Å². The first-order valence-corrected chi connectivity index (χ1v) is 11.4. The molecule has 0 aliphatic carbocycles. The van der Waals surface area contributed by atoms with Crippen LogP contribution in [-0.4, -0.2) is 79.6 Å². The van der Waals surface area contributed by atoms with Crippen molar-refractivity contribution in [2.24, 2.45) is 0 Å². The summed E-state index contributed by atoms with van der Waals surface area (Å²) in [6.07, 6.45) is 0.101. The lowest BCUT2D eigenvalue weighted by Crippen LogP contribution is -2.50.